The molecule has 2 aromatic rings. The lowest BCUT2D eigenvalue weighted by molar-refractivity contribution is 0.916. The van der Waals surface area contributed by atoms with Crippen LogP contribution in [0.5, 0.6) is 0 Å². The highest BCUT2D eigenvalue weighted by molar-refractivity contribution is 5.55. The SMILES string of the molecule is CC(Nc1ccc(N)cc1)Nc1ccc(N)cc1. The number of nitrogens with one attached hydrogen (secondary N) is 2. The maximum Gasteiger partial charge on any atom is 0.0934 e. The fourth-order valence-electron chi connectivity index (χ4n) is 1.69. The van der Waals surface area contributed by atoms with Crippen LogP contribution in [0.3, 0.4) is 0 Å². The molecule has 0 heterocycles. The summed E-state index contributed by atoms with van der Waals surface area (Å²) in [6.45, 7) is 2.05. The van der Waals surface area contributed by atoms with E-state index in [1.165, 1.54) is 0 Å². The van der Waals surface area contributed by atoms with Crippen LogP contribution in [0.15, 0.2) is 48.5 Å². The minimum atomic E-state index is 0.109. The van der Waals surface area contributed by atoms with Gasteiger partial charge in [0, 0.05) is 22.7 Å². The van der Waals surface area contributed by atoms with Crippen LogP contribution in [0.25, 0.3) is 0 Å². The van der Waals surface area contributed by atoms with Crippen LogP contribution in [-0.4, -0.2) is 6.17 Å². The van der Waals surface area contributed by atoms with Gasteiger partial charge in [0.2, 0.25) is 0 Å². The Labute approximate surface area is 107 Å². The smallest absolute Gasteiger partial charge is 0.0934 e. The zero-order valence-corrected chi connectivity index (χ0v) is 10.4. The summed E-state index contributed by atoms with van der Waals surface area (Å²) < 4.78 is 0. The van der Waals surface area contributed by atoms with Crippen LogP contribution in [0.2, 0.25) is 0 Å². The van der Waals surface area contributed by atoms with Gasteiger partial charge in [-0.25, -0.2) is 0 Å². The maximum absolute atomic E-state index is 5.64. The van der Waals surface area contributed by atoms with Gasteiger partial charge >= 0.3 is 0 Å². The van der Waals surface area contributed by atoms with E-state index in [0.29, 0.717) is 0 Å². The van der Waals surface area contributed by atoms with Crippen molar-refractivity contribution in [2.24, 2.45) is 0 Å². The molecule has 0 saturated carbocycles. The number of nitrogens with two attached hydrogens (primary N) is 2. The molecule has 0 saturated heterocycles. The average Bonchev–Trinajstić information content (AvgIpc) is 2.35. The van der Waals surface area contributed by atoms with E-state index < -0.39 is 0 Å². The van der Waals surface area contributed by atoms with Crippen molar-refractivity contribution >= 4 is 22.7 Å². The largest absolute Gasteiger partial charge is 0.399 e. The predicted molar refractivity (Wildman–Crippen MR) is 78.4 cm³/mol. The Bertz CT molecular complexity index is 443. The zero-order chi connectivity index (χ0) is 13.0. The topological polar surface area (TPSA) is 76.1 Å². The highest BCUT2D eigenvalue weighted by Gasteiger charge is 2.01. The fraction of sp³-hybridized carbons (Fsp3) is 0.143. The Kier molecular flexibility index (Phi) is 3.57. The Morgan fingerprint density at radius 1 is 0.722 bits per heavy atom. The molecule has 0 unspecified atom stereocenters. The molecule has 4 heteroatoms. The lowest BCUT2D eigenvalue weighted by atomic mass is 10.2. The van der Waals surface area contributed by atoms with Crippen molar-refractivity contribution < 1.29 is 0 Å². The van der Waals surface area contributed by atoms with Crippen LogP contribution in [0.1, 0.15) is 6.92 Å². The van der Waals surface area contributed by atoms with Gasteiger partial charge in [-0.1, -0.05) is 0 Å². The third kappa shape index (κ3) is 3.31. The van der Waals surface area contributed by atoms with E-state index in [4.69, 9.17) is 11.5 Å². The van der Waals surface area contributed by atoms with Gasteiger partial charge < -0.3 is 22.1 Å². The molecule has 94 valence electrons. The summed E-state index contributed by atoms with van der Waals surface area (Å²) in [5, 5.41) is 6.67. The lowest BCUT2D eigenvalue weighted by Gasteiger charge is -2.18. The number of anilines is 4. The second-order valence-electron chi connectivity index (χ2n) is 4.25. The Morgan fingerprint density at radius 3 is 1.39 bits per heavy atom. The average molecular weight is 242 g/mol. The van der Waals surface area contributed by atoms with Gasteiger partial charge in [-0.2, -0.15) is 0 Å². The number of rotatable bonds is 4. The molecule has 0 aliphatic carbocycles. The Hall–Kier alpha value is -2.36. The van der Waals surface area contributed by atoms with Crippen molar-refractivity contribution in [3.05, 3.63) is 48.5 Å². The lowest BCUT2D eigenvalue weighted by Crippen LogP contribution is -2.24. The molecule has 0 amide bonds. The zero-order valence-electron chi connectivity index (χ0n) is 10.4. The first-order valence-electron chi connectivity index (χ1n) is 5.87. The normalized spacial score (nSPS) is 10.3. The summed E-state index contributed by atoms with van der Waals surface area (Å²) in [5.74, 6) is 0. The van der Waals surface area contributed by atoms with E-state index in [1.54, 1.807) is 0 Å². The van der Waals surface area contributed by atoms with E-state index in [9.17, 15) is 0 Å². The first-order valence-corrected chi connectivity index (χ1v) is 5.87. The van der Waals surface area contributed by atoms with E-state index in [-0.39, 0.29) is 6.17 Å². The second-order valence-corrected chi connectivity index (χ2v) is 4.25. The van der Waals surface area contributed by atoms with Crippen molar-refractivity contribution in [1.29, 1.82) is 0 Å². The number of hydrogen-bond acceptors (Lipinski definition) is 4. The molecule has 0 bridgehead atoms. The van der Waals surface area contributed by atoms with Gasteiger partial charge in [-0.3, -0.25) is 0 Å². The van der Waals surface area contributed by atoms with Crippen molar-refractivity contribution in [3.8, 4) is 0 Å². The first-order chi connectivity index (χ1) is 8.63. The molecule has 6 N–H and O–H groups in total. The molecule has 0 aromatic heterocycles. The number of nitrogen functional groups attached to an aromatic ring is 2. The minimum Gasteiger partial charge on any atom is -0.399 e. The third-order valence-corrected chi connectivity index (χ3v) is 2.59. The summed E-state index contributed by atoms with van der Waals surface area (Å²) in [6, 6.07) is 15.3. The summed E-state index contributed by atoms with van der Waals surface area (Å²) in [5.41, 5.74) is 14.9. The van der Waals surface area contributed by atoms with Crippen LogP contribution >= 0.6 is 0 Å². The summed E-state index contributed by atoms with van der Waals surface area (Å²) in [4.78, 5) is 0. The van der Waals surface area contributed by atoms with Gasteiger partial charge in [0.1, 0.15) is 0 Å². The van der Waals surface area contributed by atoms with Crippen LogP contribution in [0, 0.1) is 0 Å². The molecule has 2 rings (SSSR count). The quantitative estimate of drug-likeness (QED) is 0.491. The molecule has 4 nitrogen and oxygen atoms in total. The van der Waals surface area contributed by atoms with Gasteiger partial charge in [0.05, 0.1) is 6.17 Å². The third-order valence-electron chi connectivity index (χ3n) is 2.59. The van der Waals surface area contributed by atoms with Crippen LogP contribution in [0.4, 0.5) is 22.7 Å². The van der Waals surface area contributed by atoms with E-state index >= 15 is 0 Å². The van der Waals surface area contributed by atoms with Gasteiger partial charge in [-0.05, 0) is 55.5 Å². The minimum absolute atomic E-state index is 0.109. The molecule has 0 radical (unpaired) electrons. The van der Waals surface area contributed by atoms with Gasteiger partial charge in [0.25, 0.3) is 0 Å². The molecular weight excluding hydrogens is 224 g/mol. The van der Waals surface area contributed by atoms with E-state index in [2.05, 4.69) is 10.6 Å². The summed E-state index contributed by atoms with van der Waals surface area (Å²) in [7, 11) is 0. The van der Waals surface area contributed by atoms with Crippen molar-refractivity contribution in [2.75, 3.05) is 22.1 Å². The standard InChI is InChI=1S/C14H18N4/c1-10(17-13-6-2-11(15)3-7-13)18-14-8-4-12(16)5-9-14/h2-10,17-18H,15-16H2,1H3. The van der Waals surface area contributed by atoms with Crippen molar-refractivity contribution in [3.63, 3.8) is 0 Å². The predicted octanol–water partition coefficient (Wildman–Crippen LogP) is 2.72. The maximum atomic E-state index is 5.64. The Morgan fingerprint density at radius 2 is 1.06 bits per heavy atom. The molecular formula is C14H18N4. The number of hydrogen-bond donors (Lipinski definition) is 4. The van der Waals surface area contributed by atoms with Crippen LogP contribution < -0.4 is 22.1 Å². The Balaban J connectivity index is 1.94. The second kappa shape index (κ2) is 5.31. The fourth-order valence-corrected chi connectivity index (χ4v) is 1.69. The first kappa shape index (κ1) is 12.1. The number of benzene rings is 2. The monoisotopic (exact) mass is 242 g/mol. The molecule has 0 spiro atoms. The summed E-state index contributed by atoms with van der Waals surface area (Å²) in [6.07, 6.45) is 0.109. The van der Waals surface area contributed by atoms with Crippen LogP contribution in [-0.2, 0) is 0 Å². The van der Waals surface area contributed by atoms with Crippen molar-refractivity contribution in [1.82, 2.24) is 0 Å². The van der Waals surface area contributed by atoms with Gasteiger partial charge in [0.15, 0.2) is 0 Å². The van der Waals surface area contributed by atoms with Gasteiger partial charge in [-0.15, -0.1) is 0 Å². The highest BCUT2D eigenvalue weighted by Crippen LogP contribution is 2.14. The molecule has 0 aliphatic heterocycles. The molecule has 18 heavy (non-hydrogen) atoms. The summed E-state index contributed by atoms with van der Waals surface area (Å²) >= 11 is 0. The molecule has 0 aliphatic rings. The van der Waals surface area contributed by atoms with E-state index in [1.807, 2.05) is 55.5 Å². The highest BCUT2D eigenvalue weighted by atomic mass is 15.1. The molecule has 0 atom stereocenters. The van der Waals surface area contributed by atoms with Crippen molar-refractivity contribution in [2.45, 2.75) is 13.1 Å². The van der Waals surface area contributed by atoms with E-state index in [0.717, 1.165) is 22.7 Å². The molecule has 0 fully saturated rings. The molecule has 2 aromatic carbocycles.